The molecule has 0 aromatic heterocycles. The summed E-state index contributed by atoms with van der Waals surface area (Å²) in [5.41, 5.74) is 0.836. The molecule has 0 aliphatic rings. The van der Waals surface area contributed by atoms with E-state index >= 15 is 0 Å². The van der Waals surface area contributed by atoms with Crippen molar-refractivity contribution >= 4 is 0 Å². The number of rotatable bonds is 11. The van der Waals surface area contributed by atoms with E-state index in [1.807, 2.05) is 20.8 Å². The van der Waals surface area contributed by atoms with Crippen molar-refractivity contribution in [3.8, 4) is 17.2 Å². The second-order valence-electron chi connectivity index (χ2n) is 4.79. The fourth-order valence-electron chi connectivity index (χ4n) is 2.33. The predicted molar refractivity (Wildman–Crippen MR) is 87.2 cm³/mol. The fourth-order valence-corrected chi connectivity index (χ4v) is 2.33. The Kier molecular flexibility index (Phi) is 8.76. The van der Waals surface area contributed by atoms with E-state index in [4.69, 9.17) is 23.7 Å². The first-order chi connectivity index (χ1) is 11.1. The summed E-state index contributed by atoms with van der Waals surface area (Å²) in [5, 5.41) is 10.0. The number of hydrogen-bond acceptors (Lipinski definition) is 6. The van der Waals surface area contributed by atoms with E-state index in [1.54, 1.807) is 12.1 Å². The number of phenols is 1. The van der Waals surface area contributed by atoms with Crippen LogP contribution in [0, 0.1) is 0 Å². The van der Waals surface area contributed by atoms with Gasteiger partial charge in [0.2, 0.25) is 5.75 Å². The van der Waals surface area contributed by atoms with Gasteiger partial charge in [0.1, 0.15) is 0 Å². The van der Waals surface area contributed by atoms with E-state index in [0.717, 1.165) is 5.56 Å². The number of aromatic hydroxyl groups is 1. The van der Waals surface area contributed by atoms with Gasteiger partial charge >= 0.3 is 0 Å². The first-order valence-corrected chi connectivity index (χ1v) is 7.90. The average Bonchev–Trinajstić information content (AvgIpc) is 2.55. The molecule has 132 valence electrons. The van der Waals surface area contributed by atoms with E-state index in [1.165, 1.54) is 14.2 Å². The third-order valence-electron chi connectivity index (χ3n) is 3.35. The van der Waals surface area contributed by atoms with Crippen molar-refractivity contribution in [1.82, 2.24) is 0 Å². The topological polar surface area (TPSA) is 66.4 Å². The van der Waals surface area contributed by atoms with Gasteiger partial charge in [-0.3, -0.25) is 0 Å². The Morgan fingerprint density at radius 1 is 0.870 bits per heavy atom. The van der Waals surface area contributed by atoms with Crippen molar-refractivity contribution < 1.29 is 28.8 Å². The molecule has 0 bridgehead atoms. The molecule has 0 unspecified atom stereocenters. The van der Waals surface area contributed by atoms with Gasteiger partial charge in [0.15, 0.2) is 17.8 Å². The highest BCUT2D eigenvalue weighted by molar-refractivity contribution is 5.53. The minimum absolute atomic E-state index is 0.0276. The smallest absolute Gasteiger partial charge is 0.200 e. The zero-order chi connectivity index (χ0) is 17.2. The summed E-state index contributed by atoms with van der Waals surface area (Å²) >= 11 is 0. The van der Waals surface area contributed by atoms with Crippen LogP contribution < -0.4 is 9.47 Å². The molecule has 6 heteroatoms. The molecule has 0 aliphatic carbocycles. The van der Waals surface area contributed by atoms with Gasteiger partial charge in [0.25, 0.3) is 0 Å². The molecule has 1 atom stereocenters. The van der Waals surface area contributed by atoms with Crippen molar-refractivity contribution in [1.29, 1.82) is 0 Å². The molecular weight excluding hydrogens is 300 g/mol. The second-order valence-corrected chi connectivity index (χ2v) is 4.79. The quantitative estimate of drug-likeness (QED) is 0.629. The summed E-state index contributed by atoms with van der Waals surface area (Å²) in [6.45, 7) is 7.44. The summed E-state index contributed by atoms with van der Waals surface area (Å²) in [7, 11) is 2.99. The van der Waals surface area contributed by atoms with Crippen molar-refractivity contribution in [2.24, 2.45) is 0 Å². The van der Waals surface area contributed by atoms with Gasteiger partial charge in [-0.25, -0.2) is 0 Å². The Labute approximate surface area is 138 Å². The molecule has 0 radical (unpaired) electrons. The van der Waals surface area contributed by atoms with Crippen LogP contribution >= 0.6 is 0 Å². The van der Waals surface area contributed by atoms with Crippen LogP contribution in [0.25, 0.3) is 0 Å². The van der Waals surface area contributed by atoms with Gasteiger partial charge in [-0.2, -0.15) is 0 Å². The SMILES string of the molecule is CCOC(C[C@H](OCC)c1cc(OC)c(O)c(OC)c1)OCC. The summed E-state index contributed by atoms with van der Waals surface area (Å²) in [6.07, 6.45) is -0.0779. The Balaban J connectivity index is 3.08. The number of benzene rings is 1. The molecule has 23 heavy (non-hydrogen) atoms. The Hall–Kier alpha value is -1.50. The standard InChI is InChI=1S/C17H28O6/c1-6-21-13(11-16(22-7-2)23-8-3)12-9-14(19-4)17(18)15(10-12)20-5/h9-10,13,16,18H,6-8,11H2,1-5H3/t13-/m0/s1. The molecule has 0 heterocycles. The highest BCUT2D eigenvalue weighted by Crippen LogP contribution is 2.40. The lowest BCUT2D eigenvalue weighted by Crippen LogP contribution is -2.22. The van der Waals surface area contributed by atoms with E-state index in [0.29, 0.717) is 37.7 Å². The molecule has 0 spiro atoms. The first-order valence-electron chi connectivity index (χ1n) is 7.90. The van der Waals surface area contributed by atoms with Crippen molar-refractivity contribution in [2.75, 3.05) is 34.0 Å². The molecule has 1 rings (SSSR count). The third-order valence-corrected chi connectivity index (χ3v) is 3.35. The van der Waals surface area contributed by atoms with Crippen LogP contribution in [0.1, 0.15) is 38.9 Å². The lowest BCUT2D eigenvalue weighted by Gasteiger charge is -2.24. The molecule has 0 aliphatic heterocycles. The Bertz CT molecular complexity index is 431. The van der Waals surface area contributed by atoms with Crippen LogP contribution in [0.2, 0.25) is 0 Å². The van der Waals surface area contributed by atoms with Crippen LogP contribution in [0.3, 0.4) is 0 Å². The second kappa shape index (κ2) is 10.3. The molecule has 0 fully saturated rings. The number of methoxy groups -OCH3 is 2. The van der Waals surface area contributed by atoms with Crippen molar-refractivity contribution in [3.63, 3.8) is 0 Å². The van der Waals surface area contributed by atoms with E-state index < -0.39 is 0 Å². The molecule has 0 saturated heterocycles. The van der Waals surface area contributed by atoms with Crippen LogP contribution in [0.5, 0.6) is 17.2 Å². The average molecular weight is 328 g/mol. The zero-order valence-electron chi connectivity index (χ0n) is 14.6. The first kappa shape index (κ1) is 19.5. The van der Waals surface area contributed by atoms with E-state index in [9.17, 15) is 5.11 Å². The van der Waals surface area contributed by atoms with Crippen LogP contribution in [0.4, 0.5) is 0 Å². The van der Waals surface area contributed by atoms with Gasteiger partial charge in [-0.05, 0) is 38.5 Å². The highest BCUT2D eigenvalue weighted by Gasteiger charge is 2.22. The predicted octanol–water partition coefficient (Wildman–Crippen LogP) is 3.28. The number of hydrogen-bond donors (Lipinski definition) is 1. The fraction of sp³-hybridized carbons (Fsp3) is 0.647. The van der Waals surface area contributed by atoms with Gasteiger partial charge in [0, 0.05) is 26.2 Å². The molecule has 0 amide bonds. The molecular formula is C17H28O6. The molecule has 1 aromatic carbocycles. The maximum absolute atomic E-state index is 10.0. The monoisotopic (exact) mass is 328 g/mol. The van der Waals surface area contributed by atoms with Gasteiger partial charge in [-0.1, -0.05) is 0 Å². The normalized spacial score (nSPS) is 12.4. The van der Waals surface area contributed by atoms with Gasteiger partial charge < -0.3 is 28.8 Å². The maximum atomic E-state index is 10.0. The lowest BCUT2D eigenvalue weighted by molar-refractivity contribution is -0.158. The highest BCUT2D eigenvalue weighted by atomic mass is 16.7. The third kappa shape index (κ3) is 5.57. The largest absolute Gasteiger partial charge is 0.502 e. The molecule has 6 nitrogen and oxygen atoms in total. The van der Waals surface area contributed by atoms with Gasteiger partial charge in [-0.15, -0.1) is 0 Å². The summed E-state index contributed by atoms with van der Waals surface area (Å²) in [5.74, 6) is 0.655. The van der Waals surface area contributed by atoms with Crippen LogP contribution in [0.15, 0.2) is 12.1 Å². The summed E-state index contributed by atoms with van der Waals surface area (Å²) in [6, 6.07) is 3.49. The number of phenolic OH excluding ortho intramolecular Hbond substituents is 1. The lowest BCUT2D eigenvalue weighted by atomic mass is 10.0. The van der Waals surface area contributed by atoms with E-state index in [2.05, 4.69) is 0 Å². The van der Waals surface area contributed by atoms with Gasteiger partial charge in [0.05, 0.1) is 20.3 Å². The van der Waals surface area contributed by atoms with E-state index in [-0.39, 0.29) is 18.1 Å². The molecule has 1 N–H and O–H groups in total. The Morgan fingerprint density at radius 3 is 1.74 bits per heavy atom. The maximum Gasteiger partial charge on any atom is 0.200 e. The summed E-state index contributed by atoms with van der Waals surface area (Å²) < 4.78 is 27.5. The van der Waals surface area contributed by atoms with Crippen molar-refractivity contribution in [3.05, 3.63) is 17.7 Å². The minimum Gasteiger partial charge on any atom is -0.502 e. The zero-order valence-corrected chi connectivity index (χ0v) is 14.6. The minimum atomic E-state index is -0.354. The van der Waals surface area contributed by atoms with Crippen molar-refractivity contribution in [2.45, 2.75) is 39.6 Å². The molecule has 1 aromatic rings. The van der Waals surface area contributed by atoms with Crippen LogP contribution in [-0.4, -0.2) is 45.4 Å². The molecule has 0 saturated carbocycles. The number of ether oxygens (including phenoxy) is 5. The Morgan fingerprint density at radius 2 is 1.35 bits per heavy atom. The van der Waals surface area contributed by atoms with Crippen LogP contribution in [-0.2, 0) is 14.2 Å². The summed E-state index contributed by atoms with van der Waals surface area (Å²) in [4.78, 5) is 0.